The summed E-state index contributed by atoms with van der Waals surface area (Å²) in [6.45, 7) is 9.22. The molecule has 4 N–H and O–H groups in total. The molecule has 4 amide bonds. The van der Waals surface area contributed by atoms with Crippen LogP contribution < -0.4 is 21.3 Å². The van der Waals surface area contributed by atoms with Crippen LogP contribution in [0.1, 0.15) is 62.3 Å². The zero-order valence-electron chi connectivity index (χ0n) is 25.6. The minimum atomic E-state index is -1.17. The predicted octanol–water partition coefficient (Wildman–Crippen LogP) is 2.12. The van der Waals surface area contributed by atoms with Gasteiger partial charge in [0, 0.05) is 37.1 Å². The second kappa shape index (κ2) is 15.3. The topological polar surface area (TPSA) is 169 Å². The summed E-state index contributed by atoms with van der Waals surface area (Å²) in [6, 6.07) is 3.92. The SMILES string of the molecule is CCOC(=O)C=C[C@H](C[C@@H]1CCNC1=O)NC(=O)[C@H](Cc1ccc(F)cc1)NC(=O)[C@@H](NC(=O)c1cc(C)on1)C(C)(C)C. The Labute approximate surface area is 255 Å². The van der Waals surface area contributed by atoms with Gasteiger partial charge in [0.1, 0.15) is 23.7 Å². The van der Waals surface area contributed by atoms with Gasteiger partial charge in [0.25, 0.3) is 5.91 Å². The Kier molecular flexibility index (Phi) is 11.8. The summed E-state index contributed by atoms with van der Waals surface area (Å²) < 4.78 is 23.5. The van der Waals surface area contributed by atoms with Crippen LogP contribution in [0, 0.1) is 24.1 Å². The number of aryl methyl sites for hydroxylation is 1. The summed E-state index contributed by atoms with van der Waals surface area (Å²) in [6.07, 6.45) is 3.40. The summed E-state index contributed by atoms with van der Waals surface area (Å²) in [5, 5.41) is 14.7. The first-order valence-corrected chi connectivity index (χ1v) is 14.5. The molecule has 2 aromatic rings. The average Bonchev–Trinajstić information content (AvgIpc) is 3.58. The highest BCUT2D eigenvalue weighted by Crippen LogP contribution is 2.21. The molecule has 0 bridgehead atoms. The molecule has 4 atom stereocenters. The number of amides is 4. The van der Waals surface area contributed by atoms with Crippen LogP contribution in [-0.4, -0.2) is 66.0 Å². The number of benzene rings is 1. The van der Waals surface area contributed by atoms with E-state index in [4.69, 9.17) is 9.26 Å². The molecule has 0 saturated carbocycles. The first-order valence-electron chi connectivity index (χ1n) is 14.5. The molecule has 1 aromatic carbocycles. The number of nitrogens with one attached hydrogen (secondary N) is 4. The van der Waals surface area contributed by atoms with E-state index in [1.54, 1.807) is 34.6 Å². The smallest absolute Gasteiger partial charge is 0.330 e. The first kappa shape index (κ1) is 33.9. The van der Waals surface area contributed by atoms with E-state index in [0.717, 1.165) is 0 Å². The lowest BCUT2D eigenvalue weighted by molar-refractivity contribution is -0.137. The van der Waals surface area contributed by atoms with Crippen molar-refractivity contribution >= 4 is 29.6 Å². The molecule has 0 radical (unpaired) electrons. The van der Waals surface area contributed by atoms with E-state index in [2.05, 4.69) is 26.4 Å². The molecule has 3 rings (SSSR count). The Bertz CT molecular complexity index is 1370. The van der Waals surface area contributed by atoms with Gasteiger partial charge in [-0.3, -0.25) is 19.2 Å². The van der Waals surface area contributed by atoms with Gasteiger partial charge in [-0.1, -0.05) is 44.1 Å². The van der Waals surface area contributed by atoms with Crippen molar-refractivity contribution in [3.8, 4) is 0 Å². The molecule has 1 aromatic heterocycles. The molecule has 0 unspecified atom stereocenters. The lowest BCUT2D eigenvalue weighted by Gasteiger charge is -2.32. The lowest BCUT2D eigenvalue weighted by atomic mass is 9.85. The summed E-state index contributed by atoms with van der Waals surface area (Å²) in [5.41, 5.74) is -0.219. The molecule has 0 spiro atoms. The number of aromatic nitrogens is 1. The third-order valence-electron chi connectivity index (χ3n) is 7.03. The third kappa shape index (κ3) is 10.0. The van der Waals surface area contributed by atoms with E-state index in [0.29, 0.717) is 24.3 Å². The maximum atomic E-state index is 13.7. The summed E-state index contributed by atoms with van der Waals surface area (Å²) in [4.78, 5) is 64.6. The van der Waals surface area contributed by atoms with Crippen molar-refractivity contribution in [2.75, 3.05) is 13.2 Å². The van der Waals surface area contributed by atoms with Gasteiger partial charge in [-0.25, -0.2) is 9.18 Å². The molecule has 1 aliphatic heterocycles. The largest absolute Gasteiger partial charge is 0.463 e. The molecule has 1 fully saturated rings. The van der Waals surface area contributed by atoms with Crippen LogP contribution in [0.15, 0.2) is 47.0 Å². The Morgan fingerprint density at radius 1 is 1.14 bits per heavy atom. The minimum Gasteiger partial charge on any atom is -0.463 e. The number of esters is 1. The molecule has 0 aliphatic carbocycles. The molecule has 238 valence electrons. The van der Waals surface area contributed by atoms with Crippen molar-refractivity contribution in [3.63, 3.8) is 0 Å². The van der Waals surface area contributed by atoms with E-state index < -0.39 is 59.0 Å². The van der Waals surface area contributed by atoms with Crippen molar-refractivity contribution in [1.29, 1.82) is 0 Å². The molecule has 1 saturated heterocycles. The summed E-state index contributed by atoms with van der Waals surface area (Å²) in [7, 11) is 0. The highest BCUT2D eigenvalue weighted by molar-refractivity contribution is 5.97. The van der Waals surface area contributed by atoms with Crippen LogP contribution in [0.25, 0.3) is 0 Å². The average molecular weight is 614 g/mol. The van der Waals surface area contributed by atoms with Crippen molar-refractivity contribution in [1.82, 2.24) is 26.4 Å². The van der Waals surface area contributed by atoms with Gasteiger partial charge in [-0.05, 0) is 49.8 Å². The Morgan fingerprint density at radius 3 is 2.41 bits per heavy atom. The van der Waals surface area contributed by atoms with Gasteiger partial charge in [0.15, 0.2) is 5.69 Å². The van der Waals surface area contributed by atoms with Crippen LogP contribution in [0.3, 0.4) is 0 Å². The van der Waals surface area contributed by atoms with Gasteiger partial charge in [0.05, 0.1) is 6.61 Å². The van der Waals surface area contributed by atoms with E-state index in [9.17, 15) is 28.4 Å². The number of ether oxygens (including phenoxy) is 1. The predicted molar refractivity (Wildman–Crippen MR) is 157 cm³/mol. The van der Waals surface area contributed by atoms with Gasteiger partial charge < -0.3 is 30.5 Å². The summed E-state index contributed by atoms with van der Waals surface area (Å²) in [5.74, 6) is -3.07. The van der Waals surface area contributed by atoms with Crippen molar-refractivity contribution < 1.29 is 37.6 Å². The number of hydrogen-bond donors (Lipinski definition) is 4. The Balaban J connectivity index is 1.86. The number of hydrogen-bond acceptors (Lipinski definition) is 8. The quantitative estimate of drug-likeness (QED) is 0.197. The fraction of sp³-hybridized carbons (Fsp3) is 0.484. The molecular formula is C31H40FN5O7. The van der Waals surface area contributed by atoms with Crippen LogP contribution >= 0.6 is 0 Å². The molecular weight excluding hydrogens is 573 g/mol. The second-order valence-corrected chi connectivity index (χ2v) is 11.7. The van der Waals surface area contributed by atoms with Crippen LogP contribution in [0.2, 0.25) is 0 Å². The van der Waals surface area contributed by atoms with E-state index in [1.165, 1.54) is 42.5 Å². The zero-order chi connectivity index (χ0) is 32.4. The van der Waals surface area contributed by atoms with Crippen molar-refractivity contribution in [3.05, 3.63) is 65.3 Å². The number of halogens is 1. The van der Waals surface area contributed by atoms with E-state index >= 15 is 0 Å². The highest BCUT2D eigenvalue weighted by Gasteiger charge is 2.36. The van der Waals surface area contributed by atoms with Crippen molar-refractivity contribution in [2.24, 2.45) is 11.3 Å². The molecule has 1 aliphatic rings. The minimum absolute atomic E-state index is 0.00247. The number of carbonyl (C=O) groups is 5. The highest BCUT2D eigenvalue weighted by atomic mass is 19.1. The molecule has 44 heavy (non-hydrogen) atoms. The molecule has 13 heteroatoms. The van der Waals surface area contributed by atoms with Crippen LogP contribution in [-0.2, 0) is 30.3 Å². The lowest BCUT2D eigenvalue weighted by Crippen LogP contribution is -2.58. The van der Waals surface area contributed by atoms with E-state index in [1.807, 2.05) is 0 Å². The zero-order valence-corrected chi connectivity index (χ0v) is 25.6. The van der Waals surface area contributed by atoms with Gasteiger partial charge >= 0.3 is 5.97 Å². The second-order valence-electron chi connectivity index (χ2n) is 11.7. The van der Waals surface area contributed by atoms with Gasteiger partial charge in [0.2, 0.25) is 17.7 Å². The normalized spacial score (nSPS) is 17.0. The summed E-state index contributed by atoms with van der Waals surface area (Å²) >= 11 is 0. The standard InChI is InChI=1S/C31H40FN5O7/c1-6-43-25(38)12-11-22(17-20-13-14-33-27(20)39)34-28(40)23(16-19-7-9-21(32)10-8-19)35-30(42)26(31(3,4)5)36-29(41)24-15-18(2)44-37-24/h7-12,15,20,22-23,26H,6,13-14,16-17H2,1-5H3,(H,33,39)(H,34,40)(H,35,42)(H,36,41)/t20-,22+,23-,26+/m0/s1. The van der Waals surface area contributed by atoms with E-state index in [-0.39, 0.29) is 31.0 Å². The third-order valence-corrected chi connectivity index (χ3v) is 7.03. The fourth-order valence-electron chi connectivity index (χ4n) is 4.70. The van der Waals surface area contributed by atoms with Crippen molar-refractivity contribution in [2.45, 2.75) is 72.0 Å². The van der Waals surface area contributed by atoms with Gasteiger partial charge in [-0.15, -0.1) is 0 Å². The monoisotopic (exact) mass is 613 g/mol. The molecule has 2 heterocycles. The van der Waals surface area contributed by atoms with Gasteiger partial charge in [-0.2, -0.15) is 0 Å². The maximum Gasteiger partial charge on any atom is 0.330 e. The Morgan fingerprint density at radius 2 is 1.84 bits per heavy atom. The van der Waals surface area contributed by atoms with Crippen LogP contribution in [0.4, 0.5) is 4.39 Å². The van der Waals surface area contributed by atoms with Crippen LogP contribution in [0.5, 0.6) is 0 Å². The first-order chi connectivity index (χ1) is 20.8. The number of nitrogens with zero attached hydrogens (tertiary/aromatic N) is 1. The maximum absolute atomic E-state index is 13.7. The fourth-order valence-corrected chi connectivity index (χ4v) is 4.70. The number of rotatable bonds is 13. The Hall–Kier alpha value is -4.55. The number of carbonyl (C=O) groups excluding carboxylic acids is 5. The molecule has 12 nitrogen and oxygen atoms in total.